The molecule has 3 rings (SSSR count). The maximum absolute atomic E-state index is 12.0. The molecule has 1 aliphatic carbocycles. The molecule has 0 bridgehead atoms. The minimum absolute atomic E-state index is 0.0415. The van der Waals surface area contributed by atoms with Crippen molar-refractivity contribution in [3.63, 3.8) is 0 Å². The Morgan fingerprint density at radius 1 is 1.32 bits per heavy atom. The molecule has 1 aromatic carbocycles. The van der Waals surface area contributed by atoms with E-state index in [0.29, 0.717) is 30.5 Å². The molecule has 0 unspecified atom stereocenters. The van der Waals surface area contributed by atoms with E-state index in [1.165, 1.54) is 20.0 Å². The van der Waals surface area contributed by atoms with Crippen LogP contribution < -0.4 is 0 Å². The van der Waals surface area contributed by atoms with Gasteiger partial charge in [0.25, 0.3) is 0 Å². The van der Waals surface area contributed by atoms with Gasteiger partial charge in [0.05, 0.1) is 18.6 Å². The highest BCUT2D eigenvalue weighted by molar-refractivity contribution is 5.87. The molecule has 5 nitrogen and oxygen atoms in total. The molecule has 118 valence electrons. The van der Waals surface area contributed by atoms with Gasteiger partial charge in [-0.05, 0) is 42.4 Å². The highest BCUT2D eigenvalue weighted by atomic mass is 16.5. The third-order valence-electron chi connectivity index (χ3n) is 4.75. The lowest BCUT2D eigenvalue weighted by Crippen LogP contribution is -2.25. The predicted molar refractivity (Wildman–Crippen MR) is 80.4 cm³/mol. The fourth-order valence-electron chi connectivity index (χ4n) is 3.51. The summed E-state index contributed by atoms with van der Waals surface area (Å²) in [6, 6.07) is 7.01. The molecule has 0 aromatic heterocycles. The van der Waals surface area contributed by atoms with Crippen LogP contribution >= 0.6 is 0 Å². The van der Waals surface area contributed by atoms with Crippen molar-refractivity contribution in [2.24, 2.45) is 17.8 Å². The van der Waals surface area contributed by atoms with Gasteiger partial charge >= 0.3 is 11.9 Å². The number of carbonyl (C=O) groups is 2. The molecular weight excluding hydrogens is 282 g/mol. The topological polar surface area (TPSA) is 66.8 Å². The van der Waals surface area contributed by atoms with Gasteiger partial charge in [0.15, 0.2) is 0 Å². The molecular formula is C17H21NO4. The number of nitrogens with zero attached hydrogens (tertiary/aromatic N) is 1. The number of likely N-dealkylation sites (tertiary alicyclic amines) is 1. The summed E-state index contributed by atoms with van der Waals surface area (Å²) >= 11 is 0. The second-order valence-corrected chi connectivity index (χ2v) is 6.33. The van der Waals surface area contributed by atoms with Crippen molar-refractivity contribution in [3.05, 3.63) is 35.4 Å². The van der Waals surface area contributed by atoms with Crippen molar-refractivity contribution >= 4 is 11.9 Å². The Balaban J connectivity index is 1.69. The SMILES string of the molecule is COC(=O)[C@H]1CN(Cc2cccc(C(=O)O)c2)C[C@@H]1C1CC1. The molecule has 1 saturated carbocycles. The van der Waals surface area contributed by atoms with Crippen LogP contribution in [0.2, 0.25) is 0 Å². The monoisotopic (exact) mass is 303 g/mol. The number of hydrogen-bond acceptors (Lipinski definition) is 4. The van der Waals surface area contributed by atoms with Gasteiger partial charge < -0.3 is 9.84 Å². The molecule has 1 aromatic rings. The van der Waals surface area contributed by atoms with E-state index in [1.54, 1.807) is 18.2 Å². The average Bonchev–Trinajstić information content (AvgIpc) is 3.28. The fraction of sp³-hybridized carbons (Fsp3) is 0.529. The van der Waals surface area contributed by atoms with Gasteiger partial charge in [0.2, 0.25) is 0 Å². The Morgan fingerprint density at radius 3 is 2.73 bits per heavy atom. The van der Waals surface area contributed by atoms with E-state index >= 15 is 0 Å². The number of rotatable bonds is 5. The van der Waals surface area contributed by atoms with E-state index < -0.39 is 5.97 Å². The second kappa shape index (κ2) is 6.08. The molecule has 2 aliphatic rings. The number of aromatic carboxylic acids is 1. The second-order valence-electron chi connectivity index (χ2n) is 6.33. The minimum atomic E-state index is -0.911. The molecule has 0 spiro atoms. The summed E-state index contributed by atoms with van der Waals surface area (Å²) in [5.41, 5.74) is 1.28. The molecule has 2 atom stereocenters. The predicted octanol–water partition coefficient (Wildman–Crippen LogP) is 2.02. The maximum Gasteiger partial charge on any atom is 0.335 e. The first-order valence-electron chi connectivity index (χ1n) is 7.71. The molecule has 22 heavy (non-hydrogen) atoms. The normalized spacial score (nSPS) is 25.1. The molecule has 1 N–H and O–H groups in total. The standard InChI is InChI=1S/C17H21NO4/c1-22-17(21)15-10-18(9-14(15)12-5-6-12)8-11-3-2-4-13(7-11)16(19)20/h2-4,7,12,14-15H,5-6,8-10H2,1H3,(H,19,20)/t14-,15+/m1/s1. The fourth-order valence-corrected chi connectivity index (χ4v) is 3.51. The Kier molecular flexibility index (Phi) is 4.16. The number of carbonyl (C=O) groups excluding carboxylic acids is 1. The molecule has 2 fully saturated rings. The number of hydrogen-bond donors (Lipinski definition) is 1. The first kappa shape index (κ1) is 15.0. The summed E-state index contributed by atoms with van der Waals surface area (Å²) in [7, 11) is 1.45. The molecule has 5 heteroatoms. The molecule has 1 heterocycles. The minimum Gasteiger partial charge on any atom is -0.478 e. The van der Waals surface area contributed by atoms with E-state index in [-0.39, 0.29) is 11.9 Å². The molecule has 1 saturated heterocycles. The third-order valence-corrected chi connectivity index (χ3v) is 4.75. The van der Waals surface area contributed by atoms with Crippen LogP contribution in [0.4, 0.5) is 0 Å². The zero-order valence-electron chi connectivity index (χ0n) is 12.7. The van der Waals surface area contributed by atoms with Crippen LogP contribution in [0.25, 0.3) is 0 Å². The van der Waals surface area contributed by atoms with Crippen molar-refractivity contribution in [1.82, 2.24) is 4.90 Å². The van der Waals surface area contributed by atoms with Gasteiger partial charge in [-0.15, -0.1) is 0 Å². The first-order chi connectivity index (χ1) is 10.6. The van der Waals surface area contributed by atoms with Crippen molar-refractivity contribution in [1.29, 1.82) is 0 Å². The highest BCUT2D eigenvalue weighted by Gasteiger charge is 2.45. The largest absolute Gasteiger partial charge is 0.478 e. The lowest BCUT2D eigenvalue weighted by molar-refractivity contribution is -0.146. The van der Waals surface area contributed by atoms with Crippen molar-refractivity contribution < 1.29 is 19.4 Å². The van der Waals surface area contributed by atoms with Crippen LogP contribution in [0.5, 0.6) is 0 Å². The number of benzene rings is 1. The lowest BCUT2D eigenvalue weighted by Gasteiger charge is -2.16. The number of ether oxygens (including phenoxy) is 1. The van der Waals surface area contributed by atoms with Crippen molar-refractivity contribution in [2.75, 3.05) is 20.2 Å². The summed E-state index contributed by atoms with van der Waals surface area (Å²) in [6.07, 6.45) is 2.42. The number of esters is 1. The van der Waals surface area contributed by atoms with E-state index in [9.17, 15) is 9.59 Å². The molecule has 0 amide bonds. The summed E-state index contributed by atoms with van der Waals surface area (Å²) in [4.78, 5) is 25.3. The van der Waals surface area contributed by atoms with Crippen molar-refractivity contribution in [2.45, 2.75) is 19.4 Å². The van der Waals surface area contributed by atoms with Crippen LogP contribution in [-0.2, 0) is 16.1 Å². The van der Waals surface area contributed by atoms with Crippen LogP contribution in [0.15, 0.2) is 24.3 Å². The smallest absolute Gasteiger partial charge is 0.335 e. The number of carboxylic acid groups (broad SMARTS) is 1. The summed E-state index contributed by atoms with van der Waals surface area (Å²) < 4.78 is 4.95. The van der Waals surface area contributed by atoms with Crippen molar-refractivity contribution in [3.8, 4) is 0 Å². The van der Waals surface area contributed by atoms with E-state index in [4.69, 9.17) is 9.84 Å². The molecule has 1 aliphatic heterocycles. The zero-order valence-corrected chi connectivity index (χ0v) is 12.7. The Labute approximate surface area is 129 Å². The van der Waals surface area contributed by atoms with E-state index in [0.717, 1.165) is 12.1 Å². The lowest BCUT2D eigenvalue weighted by atomic mass is 9.92. The van der Waals surface area contributed by atoms with Crippen LogP contribution in [0.1, 0.15) is 28.8 Å². The highest BCUT2D eigenvalue weighted by Crippen LogP contribution is 2.44. The van der Waals surface area contributed by atoms with E-state index in [2.05, 4.69) is 4.90 Å². The summed E-state index contributed by atoms with van der Waals surface area (Å²) in [6.45, 7) is 2.27. The van der Waals surface area contributed by atoms with Gasteiger partial charge in [-0.25, -0.2) is 4.79 Å². The van der Waals surface area contributed by atoms with Crippen LogP contribution in [0.3, 0.4) is 0 Å². The first-order valence-corrected chi connectivity index (χ1v) is 7.71. The van der Waals surface area contributed by atoms with Gasteiger partial charge in [-0.3, -0.25) is 9.69 Å². The molecule has 0 radical (unpaired) electrons. The third kappa shape index (κ3) is 3.14. The van der Waals surface area contributed by atoms with Gasteiger partial charge in [0.1, 0.15) is 0 Å². The Hall–Kier alpha value is -1.88. The Morgan fingerprint density at radius 2 is 2.09 bits per heavy atom. The zero-order chi connectivity index (χ0) is 15.7. The number of methoxy groups -OCH3 is 1. The summed E-state index contributed by atoms with van der Waals surface area (Å²) in [5, 5.41) is 9.07. The number of carboxylic acids is 1. The van der Waals surface area contributed by atoms with Gasteiger partial charge in [0, 0.05) is 19.6 Å². The van der Waals surface area contributed by atoms with Crippen LogP contribution in [0, 0.1) is 17.8 Å². The Bertz CT molecular complexity index is 582. The average molecular weight is 303 g/mol. The quantitative estimate of drug-likeness (QED) is 0.843. The van der Waals surface area contributed by atoms with Crippen LogP contribution in [-0.4, -0.2) is 42.1 Å². The van der Waals surface area contributed by atoms with E-state index in [1.807, 2.05) is 6.07 Å². The van der Waals surface area contributed by atoms with Gasteiger partial charge in [-0.1, -0.05) is 12.1 Å². The summed E-state index contributed by atoms with van der Waals surface area (Å²) in [5.74, 6) is -0.0278. The van der Waals surface area contributed by atoms with Gasteiger partial charge in [-0.2, -0.15) is 0 Å². The maximum atomic E-state index is 12.0.